The van der Waals surface area contributed by atoms with Crippen molar-refractivity contribution in [3.8, 4) is 11.8 Å². The van der Waals surface area contributed by atoms with Crippen molar-refractivity contribution in [3.63, 3.8) is 0 Å². The lowest BCUT2D eigenvalue weighted by Crippen LogP contribution is -2.39. The van der Waals surface area contributed by atoms with Gasteiger partial charge in [-0.3, -0.25) is 4.79 Å². The van der Waals surface area contributed by atoms with Crippen LogP contribution in [0.2, 0.25) is 0 Å². The molecule has 0 aliphatic heterocycles. The van der Waals surface area contributed by atoms with Crippen LogP contribution in [0.25, 0.3) is 0 Å². The zero-order valence-corrected chi connectivity index (χ0v) is 11.7. The SMILES string of the molecule is CNC(=O)C(C)(C)CNc1cc(OC)ccc1C#N. The molecule has 0 radical (unpaired) electrons. The van der Waals surface area contributed by atoms with Gasteiger partial charge in [0.15, 0.2) is 0 Å². The highest BCUT2D eigenvalue weighted by molar-refractivity contribution is 5.82. The topological polar surface area (TPSA) is 74.2 Å². The first-order valence-electron chi connectivity index (χ1n) is 5.99. The molecule has 5 nitrogen and oxygen atoms in total. The number of anilines is 1. The summed E-state index contributed by atoms with van der Waals surface area (Å²) in [7, 11) is 3.18. The molecule has 1 amide bonds. The molecule has 5 heteroatoms. The number of ether oxygens (including phenoxy) is 1. The first-order valence-corrected chi connectivity index (χ1v) is 5.99. The van der Waals surface area contributed by atoms with Crippen LogP contribution in [0.4, 0.5) is 5.69 Å². The standard InChI is InChI=1S/C14H19N3O2/c1-14(2,13(18)16-3)9-17-12-7-11(19-4)6-5-10(12)8-15/h5-7,17H,9H2,1-4H3,(H,16,18). The fourth-order valence-corrected chi connectivity index (χ4v) is 1.63. The Bertz CT molecular complexity index is 504. The number of benzene rings is 1. The van der Waals surface area contributed by atoms with Crippen LogP contribution >= 0.6 is 0 Å². The number of nitrogens with zero attached hydrogens (tertiary/aromatic N) is 1. The van der Waals surface area contributed by atoms with Crippen molar-refractivity contribution in [2.75, 3.05) is 26.0 Å². The molecule has 1 aromatic rings. The summed E-state index contributed by atoms with van der Waals surface area (Å²) < 4.78 is 5.13. The summed E-state index contributed by atoms with van der Waals surface area (Å²) in [5.74, 6) is 0.612. The average molecular weight is 261 g/mol. The molecular formula is C14H19N3O2. The summed E-state index contributed by atoms with van der Waals surface area (Å²) >= 11 is 0. The monoisotopic (exact) mass is 261 g/mol. The van der Waals surface area contributed by atoms with E-state index in [2.05, 4.69) is 16.7 Å². The highest BCUT2D eigenvalue weighted by Crippen LogP contribution is 2.24. The molecule has 1 rings (SSSR count). The molecule has 0 atom stereocenters. The minimum absolute atomic E-state index is 0.0543. The van der Waals surface area contributed by atoms with Crippen LogP contribution in [0.15, 0.2) is 18.2 Å². The lowest BCUT2D eigenvalue weighted by atomic mass is 9.92. The van der Waals surface area contributed by atoms with Gasteiger partial charge in [-0.1, -0.05) is 0 Å². The smallest absolute Gasteiger partial charge is 0.227 e. The van der Waals surface area contributed by atoms with Gasteiger partial charge >= 0.3 is 0 Å². The van der Waals surface area contributed by atoms with Crippen LogP contribution in [-0.4, -0.2) is 26.6 Å². The van der Waals surface area contributed by atoms with Crippen LogP contribution in [0, 0.1) is 16.7 Å². The highest BCUT2D eigenvalue weighted by atomic mass is 16.5. The number of hydrogen-bond acceptors (Lipinski definition) is 4. The summed E-state index contributed by atoms with van der Waals surface area (Å²) in [6.45, 7) is 4.10. The van der Waals surface area contributed by atoms with E-state index in [1.807, 2.05) is 13.8 Å². The van der Waals surface area contributed by atoms with Gasteiger partial charge in [0.1, 0.15) is 11.8 Å². The third-order valence-corrected chi connectivity index (χ3v) is 2.91. The minimum atomic E-state index is -0.565. The number of nitriles is 1. The van der Waals surface area contributed by atoms with Gasteiger partial charge in [0.25, 0.3) is 0 Å². The fourth-order valence-electron chi connectivity index (χ4n) is 1.63. The molecular weight excluding hydrogens is 242 g/mol. The fraction of sp³-hybridized carbons (Fsp3) is 0.429. The predicted octanol–water partition coefficient (Wildman–Crippen LogP) is 1.75. The van der Waals surface area contributed by atoms with Gasteiger partial charge in [0.2, 0.25) is 5.91 Å². The maximum absolute atomic E-state index is 11.7. The molecule has 1 aromatic carbocycles. The Balaban J connectivity index is 2.88. The van der Waals surface area contributed by atoms with E-state index < -0.39 is 5.41 Å². The number of carbonyl (C=O) groups excluding carboxylic acids is 1. The normalized spacial score (nSPS) is 10.5. The van der Waals surface area contributed by atoms with Gasteiger partial charge in [0.05, 0.1) is 23.8 Å². The number of amides is 1. The van der Waals surface area contributed by atoms with Gasteiger partial charge in [-0.25, -0.2) is 0 Å². The summed E-state index contributed by atoms with van der Waals surface area (Å²) in [5.41, 5.74) is 0.622. The van der Waals surface area contributed by atoms with Crippen LogP contribution in [0.3, 0.4) is 0 Å². The van der Waals surface area contributed by atoms with E-state index >= 15 is 0 Å². The molecule has 2 N–H and O–H groups in total. The first kappa shape index (κ1) is 14.8. The van der Waals surface area contributed by atoms with Crippen molar-refractivity contribution >= 4 is 11.6 Å². The van der Waals surface area contributed by atoms with Gasteiger partial charge in [-0.15, -0.1) is 0 Å². The predicted molar refractivity (Wildman–Crippen MR) is 74.0 cm³/mol. The first-order chi connectivity index (χ1) is 8.94. The molecule has 0 aromatic heterocycles. The second-order valence-electron chi connectivity index (χ2n) is 4.84. The van der Waals surface area contributed by atoms with Crippen molar-refractivity contribution in [1.82, 2.24) is 5.32 Å². The van der Waals surface area contributed by atoms with Crippen LogP contribution in [0.1, 0.15) is 19.4 Å². The van der Waals surface area contributed by atoms with E-state index in [1.54, 1.807) is 32.4 Å². The third-order valence-electron chi connectivity index (χ3n) is 2.91. The number of methoxy groups -OCH3 is 1. The van der Waals surface area contributed by atoms with Gasteiger partial charge in [-0.05, 0) is 26.0 Å². The molecule has 0 aliphatic carbocycles. The van der Waals surface area contributed by atoms with E-state index in [4.69, 9.17) is 10.00 Å². The van der Waals surface area contributed by atoms with Crippen molar-refractivity contribution in [2.24, 2.45) is 5.41 Å². The molecule has 0 unspecified atom stereocenters. The Morgan fingerprint density at radius 2 is 2.16 bits per heavy atom. The van der Waals surface area contributed by atoms with E-state index in [0.717, 1.165) is 0 Å². The Labute approximate surface area is 113 Å². The second kappa shape index (κ2) is 6.10. The minimum Gasteiger partial charge on any atom is -0.497 e. The molecule has 102 valence electrons. The number of rotatable bonds is 5. The summed E-state index contributed by atoms with van der Waals surface area (Å²) in [5, 5.41) is 14.8. The second-order valence-corrected chi connectivity index (χ2v) is 4.84. The van der Waals surface area contributed by atoms with E-state index in [0.29, 0.717) is 23.5 Å². The molecule has 0 aliphatic rings. The third kappa shape index (κ3) is 3.62. The molecule has 19 heavy (non-hydrogen) atoms. The van der Waals surface area contributed by atoms with E-state index in [1.165, 1.54) is 0 Å². The lowest BCUT2D eigenvalue weighted by Gasteiger charge is -2.23. The maximum Gasteiger partial charge on any atom is 0.227 e. The largest absolute Gasteiger partial charge is 0.497 e. The summed E-state index contributed by atoms with van der Waals surface area (Å²) in [4.78, 5) is 11.7. The zero-order chi connectivity index (χ0) is 14.5. The Morgan fingerprint density at radius 1 is 1.47 bits per heavy atom. The number of nitrogens with one attached hydrogen (secondary N) is 2. The van der Waals surface area contributed by atoms with Crippen LogP contribution in [-0.2, 0) is 4.79 Å². The van der Waals surface area contributed by atoms with Crippen LogP contribution in [0.5, 0.6) is 5.75 Å². The summed E-state index contributed by atoms with van der Waals surface area (Å²) in [6.07, 6.45) is 0. The Morgan fingerprint density at radius 3 is 2.68 bits per heavy atom. The van der Waals surface area contributed by atoms with Crippen LogP contribution < -0.4 is 15.4 Å². The van der Waals surface area contributed by atoms with Crippen molar-refractivity contribution in [1.29, 1.82) is 5.26 Å². The Kier molecular flexibility index (Phi) is 4.76. The maximum atomic E-state index is 11.7. The van der Waals surface area contributed by atoms with Crippen molar-refractivity contribution in [2.45, 2.75) is 13.8 Å². The molecule has 0 saturated carbocycles. The number of hydrogen-bond donors (Lipinski definition) is 2. The molecule has 0 fully saturated rings. The van der Waals surface area contributed by atoms with Gasteiger partial charge in [0, 0.05) is 19.7 Å². The van der Waals surface area contributed by atoms with Gasteiger partial charge in [-0.2, -0.15) is 5.26 Å². The van der Waals surface area contributed by atoms with Gasteiger partial charge < -0.3 is 15.4 Å². The zero-order valence-electron chi connectivity index (χ0n) is 11.7. The molecule has 0 spiro atoms. The number of carbonyl (C=O) groups is 1. The quantitative estimate of drug-likeness (QED) is 0.847. The average Bonchev–Trinajstić information content (AvgIpc) is 2.43. The Hall–Kier alpha value is -2.22. The van der Waals surface area contributed by atoms with E-state index in [-0.39, 0.29) is 5.91 Å². The molecule has 0 bridgehead atoms. The summed E-state index contributed by atoms with van der Waals surface area (Å²) in [6, 6.07) is 7.27. The van der Waals surface area contributed by atoms with Crippen molar-refractivity contribution < 1.29 is 9.53 Å². The molecule has 0 saturated heterocycles. The van der Waals surface area contributed by atoms with Crippen molar-refractivity contribution in [3.05, 3.63) is 23.8 Å². The lowest BCUT2D eigenvalue weighted by molar-refractivity contribution is -0.128. The van der Waals surface area contributed by atoms with E-state index in [9.17, 15) is 4.79 Å². The molecule has 0 heterocycles. The highest BCUT2D eigenvalue weighted by Gasteiger charge is 2.26.